The van der Waals surface area contributed by atoms with E-state index in [0.29, 0.717) is 5.92 Å². The van der Waals surface area contributed by atoms with E-state index in [9.17, 15) is 0 Å². The van der Waals surface area contributed by atoms with E-state index in [-0.39, 0.29) is 0 Å². The first-order valence-corrected chi connectivity index (χ1v) is 6.92. The summed E-state index contributed by atoms with van der Waals surface area (Å²) in [4.78, 5) is 11.0. The summed E-state index contributed by atoms with van der Waals surface area (Å²) in [7, 11) is 2.11. The molecule has 0 saturated carbocycles. The summed E-state index contributed by atoms with van der Waals surface area (Å²) in [6.07, 6.45) is 3.79. The van der Waals surface area contributed by atoms with Gasteiger partial charge in [-0.1, -0.05) is 27.2 Å². The molecule has 1 aromatic heterocycles. The highest BCUT2D eigenvalue weighted by atomic mass is 15.2. The monoisotopic (exact) mass is 250 g/mol. The van der Waals surface area contributed by atoms with E-state index in [1.807, 2.05) is 0 Å². The molecule has 0 aromatic carbocycles. The minimum absolute atomic E-state index is 0.678. The zero-order valence-electron chi connectivity index (χ0n) is 12.3. The normalized spacial score (nSPS) is 12.3. The Morgan fingerprint density at radius 3 is 2.56 bits per heavy atom. The fourth-order valence-corrected chi connectivity index (χ4v) is 2.06. The van der Waals surface area contributed by atoms with Crippen molar-refractivity contribution in [2.75, 3.05) is 30.4 Å². The molecule has 0 aliphatic rings. The number of aromatic nitrogens is 2. The number of rotatable bonds is 7. The maximum Gasteiger partial charge on any atom is 0.137 e. The Balaban J connectivity index is 2.96. The molecule has 1 unspecified atom stereocenters. The molecule has 1 aromatic rings. The van der Waals surface area contributed by atoms with Crippen molar-refractivity contribution in [2.24, 2.45) is 5.92 Å². The third-order valence-corrected chi connectivity index (χ3v) is 3.26. The van der Waals surface area contributed by atoms with E-state index in [4.69, 9.17) is 0 Å². The highest BCUT2D eigenvalue weighted by molar-refractivity contribution is 5.58. The van der Waals surface area contributed by atoms with Gasteiger partial charge in [-0.3, -0.25) is 0 Å². The lowest BCUT2D eigenvalue weighted by molar-refractivity contribution is 0.556. The van der Waals surface area contributed by atoms with Gasteiger partial charge in [-0.15, -0.1) is 0 Å². The van der Waals surface area contributed by atoms with Crippen molar-refractivity contribution in [3.8, 4) is 0 Å². The predicted molar refractivity (Wildman–Crippen MR) is 78.3 cm³/mol. The first-order valence-electron chi connectivity index (χ1n) is 6.92. The summed E-state index contributed by atoms with van der Waals surface area (Å²) in [5.74, 6) is 2.71. The third-order valence-electron chi connectivity index (χ3n) is 3.26. The molecule has 1 heterocycles. The average Bonchev–Trinajstić information content (AvgIpc) is 2.38. The smallest absolute Gasteiger partial charge is 0.137 e. The molecule has 0 aliphatic heterocycles. The number of anilines is 2. The molecule has 0 amide bonds. The fourth-order valence-electron chi connectivity index (χ4n) is 2.06. The van der Waals surface area contributed by atoms with E-state index in [0.717, 1.165) is 31.1 Å². The van der Waals surface area contributed by atoms with Gasteiger partial charge in [0.1, 0.15) is 18.0 Å². The lowest BCUT2D eigenvalue weighted by atomic mass is 10.1. The van der Waals surface area contributed by atoms with Gasteiger partial charge in [0, 0.05) is 25.7 Å². The van der Waals surface area contributed by atoms with Crippen LogP contribution in [0.25, 0.3) is 0 Å². The molecule has 1 rings (SSSR count). The Bertz CT molecular complexity index is 365. The van der Waals surface area contributed by atoms with Crippen molar-refractivity contribution in [2.45, 2.75) is 40.5 Å². The Labute approximate surface area is 111 Å². The second kappa shape index (κ2) is 7.19. The van der Waals surface area contributed by atoms with Gasteiger partial charge in [-0.25, -0.2) is 9.97 Å². The fraction of sp³-hybridized carbons (Fsp3) is 0.714. The Morgan fingerprint density at radius 1 is 1.28 bits per heavy atom. The van der Waals surface area contributed by atoms with Crippen LogP contribution in [0.15, 0.2) is 6.33 Å². The Morgan fingerprint density at radius 2 is 2.00 bits per heavy atom. The summed E-state index contributed by atoms with van der Waals surface area (Å²) in [6.45, 7) is 10.7. The van der Waals surface area contributed by atoms with Gasteiger partial charge in [0.25, 0.3) is 0 Å². The van der Waals surface area contributed by atoms with Crippen molar-refractivity contribution in [3.63, 3.8) is 0 Å². The Hall–Kier alpha value is -1.32. The molecule has 102 valence electrons. The van der Waals surface area contributed by atoms with Gasteiger partial charge in [0.15, 0.2) is 0 Å². The van der Waals surface area contributed by atoms with Gasteiger partial charge >= 0.3 is 0 Å². The molecule has 1 atom stereocenters. The zero-order chi connectivity index (χ0) is 13.5. The van der Waals surface area contributed by atoms with E-state index >= 15 is 0 Å². The summed E-state index contributed by atoms with van der Waals surface area (Å²) in [6, 6.07) is 0. The van der Waals surface area contributed by atoms with Gasteiger partial charge in [0.05, 0.1) is 0 Å². The van der Waals surface area contributed by atoms with Gasteiger partial charge in [-0.2, -0.15) is 0 Å². The highest BCUT2D eigenvalue weighted by Crippen LogP contribution is 2.23. The van der Waals surface area contributed by atoms with Gasteiger partial charge in [0.2, 0.25) is 0 Å². The van der Waals surface area contributed by atoms with Crippen LogP contribution in [0.1, 0.15) is 39.7 Å². The maximum atomic E-state index is 4.45. The number of nitrogens with one attached hydrogen (secondary N) is 1. The second-order valence-corrected chi connectivity index (χ2v) is 4.80. The Kier molecular flexibility index (Phi) is 5.89. The molecule has 0 spiro atoms. The lowest BCUT2D eigenvalue weighted by Crippen LogP contribution is -2.26. The van der Waals surface area contributed by atoms with Crippen LogP contribution < -0.4 is 10.2 Å². The maximum absolute atomic E-state index is 4.45. The molecular weight excluding hydrogens is 224 g/mol. The van der Waals surface area contributed by atoms with Crippen LogP contribution in [0.5, 0.6) is 0 Å². The zero-order valence-corrected chi connectivity index (χ0v) is 12.3. The molecule has 0 saturated heterocycles. The van der Waals surface area contributed by atoms with Crippen LogP contribution in [0.3, 0.4) is 0 Å². The van der Waals surface area contributed by atoms with Crippen molar-refractivity contribution in [1.82, 2.24) is 9.97 Å². The summed E-state index contributed by atoms with van der Waals surface area (Å²) >= 11 is 0. The van der Waals surface area contributed by atoms with E-state index in [1.165, 1.54) is 12.0 Å². The standard InChI is InChI=1S/C14H26N4/c1-6-11(4)9-18(5)14-12(7-2)13(15-8-3)16-10-17-14/h10-11H,6-9H2,1-5H3,(H,15,16,17). The number of hydrogen-bond acceptors (Lipinski definition) is 4. The van der Waals surface area contributed by atoms with Crippen LogP contribution >= 0.6 is 0 Å². The summed E-state index contributed by atoms with van der Waals surface area (Å²) in [5, 5.41) is 3.31. The highest BCUT2D eigenvalue weighted by Gasteiger charge is 2.14. The number of nitrogens with zero attached hydrogens (tertiary/aromatic N) is 3. The molecule has 18 heavy (non-hydrogen) atoms. The molecule has 0 bridgehead atoms. The minimum Gasteiger partial charge on any atom is -0.370 e. The molecule has 4 nitrogen and oxygen atoms in total. The molecule has 1 N–H and O–H groups in total. The number of hydrogen-bond donors (Lipinski definition) is 1. The van der Waals surface area contributed by atoms with Crippen LogP contribution in [0.4, 0.5) is 11.6 Å². The van der Waals surface area contributed by atoms with Crippen LogP contribution in [-0.2, 0) is 6.42 Å². The molecule has 0 fully saturated rings. The average molecular weight is 250 g/mol. The van der Waals surface area contributed by atoms with Crippen LogP contribution in [0.2, 0.25) is 0 Å². The van der Waals surface area contributed by atoms with E-state index in [1.54, 1.807) is 6.33 Å². The lowest BCUT2D eigenvalue weighted by Gasteiger charge is -2.24. The van der Waals surface area contributed by atoms with Crippen molar-refractivity contribution in [3.05, 3.63) is 11.9 Å². The first kappa shape index (κ1) is 14.7. The SMILES string of the molecule is CCNc1ncnc(N(C)CC(C)CC)c1CC. The predicted octanol–water partition coefficient (Wildman–Crippen LogP) is 2.95. The molecule has 4 heteroatoms. The van der Waals surface area contributed by atoms with Gasteiger partial charge < -0.3 is 10.2 Å². The minimum atomic E-state index is 0.678. The molecule has 0 aliphatic carbocycles. The van der Waals surface area contributed by atoms with Crippen molar-refractivity contribution < 1.29 is 0 Å². The quantitative estimate of drug-likeness (QED) is 0.808. The topological polar surface area (TPSA) is 41.1 Å². The van der Waals surface area contributed by atoms with Crippen molar-refractivity contribution >= 4 is 11.6 Å². The molecular formula is C14H26N4. The third kappa shape index (κ3) is 3.59. The van der Waals surface area contributed by atoms with Gasteiger partial charge in [-0.05, 0) is 19.3 Å². The summed E-state index contributed by atoms with van der Waals surface area (Å²) in [5.41, 5.74) is 1.21. The van der Waals surface area contributed by atoms with E-state index in [2.05, 4.69) is 54.9 Å². The summed E-state index contributed by atoms with van der Waals surface area (Å²) < 4.78 is 0. The van der Waals surface area contributed by atoms with Crippen molar-refractivity contribution in [1.29, 1.82) is 0 Å². The largest absolute Gasteiger partial charge is 0.370 e. The second-order valence-electron chi connectivity index (χ2n) is 4.80. The van der Waals surface area contributed by atoms with E-state index < -0.39 is 0 Å². The van der Waals surface area contributed by atoms with Crippen LogP contribution in [0, 0.1) is 5.92 Å². The van der Waals surface area contributed by atoms with Crippen LogP contribution in [-0.4, -0.2) is 30.1 Å². The first-order chi connectivity index (χ1) is 8.63. The molecule has 0 radical (unpaired) electrons.